The highest BCUT2D eigenvalue weighted by atomic mass is 35.5. The Hall–Kier alpha value is -1.06. The molecule has 2 rings (SSSR count). The Morgan fingerprint density at radius 2 is 2.05 bits per heavy atom. The van der Waals surface area contributed by atoms with Gasteiger partial charge in [-0.25, -0.2) is 0 Å². The van der Waals surface area contributed by atoms with E-state index in [1.165, 1.54) is 12.8 Å². The van der Waals surface area contributed by atoms with Crippen LogP contribution >= 0.6 is 11.6 Å². The molecule has 21 heavy (non-hydrogen) atoms. The van der Waals surface area contributed by atoms with Gasteiger partial charge in [-0.15, -0.1) is 0 Å². The third kappa shape index (κ3) is 5.01. The summed E-state index contributed by atoms with van der Waals surface area (Å²) in [6, 6.07) is 7.90. The number of rotatable bonds is 5. The summed E-state index contributed by atoms with van der Waals surface area (Å²) in [6.07, 6.45) is 2.87. The SMILES string of the molecule is CC1CCN(C(C)CNC(=O)Cc2ccccc2Cl)CC1. The van der Waals surface area contributed by atoms with Crippen LogP contribution in [0.1, 0.15) is 32.3 Å². The van der Waals surface area contributed by atoms with Crippen LogP contribution in [0.15, 0.2) is 24.3 Å². The van der Waals surface area contributed by atoms with Gasteiger partial charge in [0, 0.05) is 17.6 Å². The van der Waals surface area contributed by atoms with Crippen molar-refractivity contribution in [3.05, 3.63) is 34.9 Å². The second-order valence-corrected chi connectivity index (χ2v) is 6.55. The molecule has 1 aliphatic rings. The fourth-order valence-corrected chi connectivity index (χ4v) is 2.94. The predicted octanol–water partition coefficient (Wildman–Crippen LogP) is 3.12. The normalized spacial score (nSPS) is 18.4. The second kappa shape index (κ2) is 7.81. The molecule has 1 aliphatic heterocycles. The molecule has 1 aromatic rings. The van der Waals surface area contributed by atoms with Crippen LogP contribution in [0.25, 0.3) is 0 Å². The van der Waals surface area contributed by atoms with Gasteiger partial charge in [0.2, 0.25) is 5.91 Å². The van der Waals surface area contributed by atoms with Crippen molar-refractivity contribution in [1.29, 1.82) is 0 Å². The van der Waals surface area contributed by atoms with Gasteiger partial charge in [-0.05, 0) is 50.4 Å². The minimum absolute atomic E-state index is 0.0420. The number of nitrogens with zero attached hydrogens (tertiary/aromatic N) is 1. The minimum Gasteiger partial charge on any atom is -0.354 e. The summed E-state index contributed by atoms with van der Waals surface area (Å²) < 4.78 is 0. The quantitative estimate of drug-likeness (QED) is 0.906. The molecule has 3 nitrogen and oxygen atoms in total. The Morgan fingerprint density at radius 1 is 1.38 bits per heavy atom. The number of carbonyl (C=O) groups excluding carboxylic acids is 1. The van der Waals surface area contributed by atoms with Crippen LogP contribution in [-0.4, -0.2) is 36.5 Å². The first-order chi connectivity index (χ1) is 10.1. The number of benzene rings is 1. The molecule has 4 heteroatoms. The summed E-state index contributed by atoms with van der Waals surface area (Å²) in [6.45, 7) is 7.49. The van der Waals surface area contributed by atoms with Crippen molar-refractivity contribution in [3.8, 4) is 0 Å². The second-order valence-electron chi connectivity index (χ2n) is 6.14. The molecule has 0 aromatic heterocycles. The number of halogens is 1. The van der Waals surface area contributed by atoms with E-state index in [1.807, 2.05) is 24.3 Å². The van der Waals surface area contributed by atoms with Crippen LogP contribution < -0.4 is 5.32 Å². The summed E-state index contributed by atoms with van der Waals surface area (Å²) in [7, 11) is 0. The maximum atomic E-state index is 12.0. The molecular weight excluding hydrogens is 284 g/mol. The van der Waals surface area contributed by atoms with Gasteiger partial charge in [0.15, 0.2) is 0 Å². The molecule has 0 bridgehead atoms. The highest BCUT2D eigenvalue weighted by molar-refractivity contribution is 6.31. The van der Waals surface area contributed by atoms with E-state index in [4.69, 9.17) is 11.6 Å². The predicted molar refractivity (Wildman–Crippen MR) is 87.6 cm³/mol. The van der Waals surface area contributed by atoms with Gasteiger partial charge in [-0.1, -0.05) is 36.7 Å². The Kier molecular flexibility index (Phi) is 6.07. The maximum absolute atomic E-state index is 12.0. The number of likely N-dealkylation sites (tertiary alicyclic amines) is 1. The van der Waals surface area contributed by atoms with Gasteiger partial charge in [0.25, 0.3) is 0 Å². The topological polar surface area (TPSA) is 32.3 Å². The Labute approximate surface area is 132 Å². The standard InChI is InChI=1S/C17H25ClN2O/c1-13-7-9-20(10-8-13)14(2)12-19-17(21)11-15-5-3-4-6-16(15)18/h3-6,13-14H,7-12H2,1-2H3,(H,19,21). The van der Waals surface area contributed by atoms with E-state index in [0.717, 1.165) is 24.6 Å². The monoisotopic (exact) mass is 308 g/mol. The number of nitrogens with one attached hydrogen (secondary N) is 1. The van der Waals surface area contributed by atoms with E-state index in [9.17, 15) is 4.79 Å². The van der Waals surface area contributed by atoms with Crippen molar-refractivity contribution in [2.24, 2.45) is 5.92 Å². The van der Waals surface area contributed by atoms with E-state index >= 15 is 0 Å². The van der Waals surface area contributed by atoms with E-state index in [-0.39, 0.29) is 5.91 Å². The number of amides is 1. The lowest BCUT2D eigenvalue weighted by molar-refractivity contribution is -0.120. The van der Waals surface area contributed by atoms with Crippen molar-refractivity contribution in [1.82, 2.24) is 10.2 Å². The van der Waals surface area contributed by atoms with Crippen molar-refractivity contribution < 1.29 is 4.79 Å². The van der Waals surface area contributed by atoms with Gasteiger partial charge in [-0.3, -0.25) is 9.69 Å². The molecular formula is C17H25ClN2O. The van der Waals surface area contributed by atoms with Crippen molar-refractivity contribution in [3.63, 3.8) is 0 Å². The smallest absolute Gasteiger partial charge is 0.224 e. The number of carbonyl (C=O) groups is 1. The molecule has 116 valence electrons. The van der Waals surface area contributed by atoms with Crippen LogP contribution in [0, 0.1) is 5.92 Å². The fourth-order valence-electron chi connectivity index (χ4n) is 2.74. The summed E-state index contributed by atoms with van der Waals surface area (Å²) in [5.41, 5.74) is 0.885. The Morgan fingerprint density at radius 3 is 2.71 bits per heavy atom. The van der Waals surface area contributed by atoms with Gasteiger partial charge in [0.1, 0.15) is 0 Å². The lowest BCUT2D eigenvalue weighted by atomic mass is 9.98. The van der Waals surface area contributed by atoms with Crippen molar-refractivity contribution >= 4 is 17.5 Å². The first-order valence-corrected chi connectivity index (χ1v) is 8.18. The number of hydrogen-bond donors (Lipinski definition) is 1. The first kappa shape index (κ1) is 16.3. The molecule has 0 radical (unpaired) electrons. The molecule has 0 spiro atoms. The zero-order valence-electron chi connectivity index (χ0n) is 12.9. The van der Waals surface area contributed by atoms with Crippen molar-refractivity contribution in [2.45, 2.75) is 39.2 Å². The maximum Gasteiger partial charge on any atom is 0.224 e. The van der Waals surface area contributed by atoms with Gasteiger partial charge >= 0.3 is 0 Å². The molecule has 1 aromatic carbocycles. The zero-order valence-corrected chi connectivity index (χ0v) is 13.7. The zero-order chi connectivity index (χ0) is 15.2. The summed E-state index contributed by atoms with van der Waals surface area (Å²) in [5, 5.41) is 3.69. The lowest BCUT2D eigenvalue weighted by Gasteiger charge is -2.35. The average molecular weight is 309 g/mol. The molecule has 0 saturated carbocycles. The van der Waals surface area contributed by atoms with Gasteiger partial charge in [-0.2, -0.15) is 0 Å². The minimum atomic E-state index is 0.0420. The first-order valence-electron chi connectivity index (χ1n) is 7.80. The Balaban J connectivity index is 1.75. The van der Waals surface area contributed by atoms with Crippen LogP contribution in [0.3, 0.4) is 0 Å². The molecule has 1 atom stereocenters. The highest BCUT2D eigenvalue weighted by Gasteiger charge is 2.20. The van der Waals surface area contributed by atoms with Crippen LogP contribution in [-0.2, 0) is 11.2 Å². The molecule has 1 N–H and O–H groups in total. The van der Waals surface area contributed by atoms with Gasteiger partial charge in [0.05, 0.1) is 6.42 Å². The van der Waals surface area contributed by atoms with E-state index in [1.54, 1.807) is 0 Å². The fraction of sp³-hybridized carbons (Fsp3) is 0.588. The molecule has 1 unspecified atom stereocenters. The molecule has 0 aliphatic carbocycles. The highest BCUT2D eigenvalue weighted by Crippen LogP contribution is 2.18. The van der Waals surface area contributed by atoms with Crippen molar-refractivity contribution in [2.75, 3.05) is 19.6 Å². The van der Waals surface area contributed by atoms with E-state index in [2.05, 4.69) is 24.1 Å². The van der Waals surface area contributed by atoms with Crippen LogP contribution in [0.4, 0.5) is 0 Å². The van der Waals surface area contributed by atoms with E-state index in [0.29, 0.717) is 24.0 Å². The number of hydrogen-bond acceptors (Lipinski definition) is 2. The Bertz CT molecular complexity index is 470. The number of piperidine rings is 1. The largest absolute Gasteiger partial charge is 0.354 e. The summed E-state index contributed by atoms with van der Waals surface area (Å²) in [4.78, 5) is 14.5. The molecule has 1 heterocycles. The molecule has 1 fully saturated rings. The van der Waals surface area contributed by atoms with Crippen LogP contribution in [0.5, 0.6) is 0 Å². The van der Waals surface area contributed by atoms with Crippen LogP contribution in [0.2, 0.25) is 5.02 Å². The summed E-state index contributed by atoms with van der Waals surface area (Å²) in [5.74, 6) is 0.878. The summed E-state index contributed by atoms with van der Waals surface area (Å²) >= 11 is 6.08. The lowest BCUT2D eigenvalue weighted by Crippen LogP contribution is -2.45. The van der Waals surface area contributed by atoms with Gasteiger partial charge < -0.3 is 5.32 Å². The average Bonchev–Trinajstić information content (AvgIpc) is 2.48. The third-order valence-electron chi connectivity index (χ3n) is 4.35. The third-order valence-corrected chi connectivity index (χ3v) is 4.71. The molecule has 1 amide bonds. The molecule has 1 saturated heterocycles. The van der Waals surface area contributed by atoms with E-state index < -0.39 is 0 Å².